The normalized spacial score (nSPS) is 25.9. The Morgan fingerprint density at radius 3 is 2.77 bits per heavy atom. The van der Waals surface area contributed by atoms with Gasteiger partial charge in [0.05, 0.1) is 19.8 Å². The van der Waals surface area contributed by atoms with Crippen LogP contribution >= 0.6 is 0 Å². The van der Waals surface area contributed by atoms with E-state index < -0.39 is 0 Å². The number of nitrogens with one attached hydrogen (secondary N) is 1. The Morgan fingerprint density at radius 1 is 1.23 bits per heavy atom. The van der Waals surface area contributed by atoms with E-state index in [9.17, 15) is 9.59 Å². The highest BCUT2D eigenvalue weighted by Gasteiger charge is 2.33. The molecule has 0 aromatic carbocycles. The maximum absolute atomic E-state index is 12.1. The molecule has 4 rings (SSSR count). The molecule has 8 nitrogen and oxygen atoms in total. The van der Waals surface area contributed by atoms with Crippen molar-refractivity contribution in [3.05, 3.63) is 18.1 Å². The number of hydrogen-bond donors (Lipinski definition) is 1. The standard InChI is InChI=1S/C18H25N5O3/c24-17(11-23-3-1-2-18(23)25)21-14-8-13(9-14)15-10-16(20-12-19-15)22-4-6-26-7-5-22/h10,12-14H,1-9,11H2,(H,21,24). The Balaban J connectivity index is 1.26. The van der Waals surface area contributed by atoms with Gasteiger partial charge in [0.15, 0.2) is 0 Å². The van der Waals surface area contributed by atoms with Gasteiger partial charge in [-0.2, -0.15) is 0 Å². The second-order valence-corrected chi connectivity index (χ2v) is 7.25. The van der Waals surface area contributed by atoms with Gasteiger partial charge < -0.3 is 19.9 Å². The first-order valence-corrected chi connectivity index (χ1v) is 9.41. The van der Waals surface area contributed by atoms with Crippen LogP contribution in [0.25, 0.3) is 0 Å². The average Bonchev–Trinajstić information content (AvgIpc) is 3.03. The summed E-state index contributed by atoms with van der Waals surface area (Å²) in [5.74, 6) is 1.35. The molecular weight excluding hydrogens is 334 g/mol. The molecule has 1 aromatic heterocycles. The minimum absolute atomic E-state index is 0.0552. The fraction of sp³-hybridized carbons (Fsp3) is 0.667. The van der Waals surface area contributed by atoms with Gasteiger partial charge in [0.1, 0.15) is 12.1 Å². The number of amides is 2. The topological polar surface area (TPSA) is 87.7 Å². The molecule has 8 heteroatoms. The highest BCUT2D eigenvalue weighted by Crippen LogP contribution is 2.36. The van der Waals surface area contributed by atoms with E-state index in [1.54, 1.807) is 11.2 Å². The highest BCUT2D eigenvalue weighted by molar-refractivity contribution is 5.86. The zero-order valence-electron chi connectivity index (χ0n) is 14.9. The molecule has 0 radical (unpaired) electrons. The number of nitrogens with zero attached hydrogens (tertiary/aromatic N) is 4. The van der Waals surface area contributed by atoms with Gasteiger partial charge in [0, 0.05) is 49.8 Å². The molecule has 0 bridgehead atoms. The van der Waals surface area contributed by atoms with Crippen molar-refractivity contribution in [2.45, 2.75) is 37.6 Å². The van der Waals surface area contributed by atoms with E-state index in [4.69, 9.17) is 4.74 Å². The van der Waals surface area contributed by atoms with Crippen LogP contribution in [-0.4, -0.2) is 72.1 Å². The van der Waals surface area contributed by atoms with Crippen LogP contribution in [0.2, 0.25) is 0 Å². The molecular formula is C18H25N5O3. The smallest absolute Gasteiger partial charge is 0.239 e. The van der Waals surface area contributed by atoms with Crippen molar-refractivity contribution in [2.75, 3.05) is 44.3 Å². The number of carbonyl (C=O) groups excluding carboxylic acids is 2. The molecule has 0 atom stereocenters. The summed E-state index contributed by atoms with van der Waals surface area (Å²) in [4.78, 5) is 36.4. The number of anilines is 1. The van der Waals surface area contributed by atoms with Crippen LogP contribution < -0.4 is 10.2 Å². The molecule has 3 fully saturated rings. The van der Waals surface area contributed by atoms with Gasteiger partial charge in [-0.25, -0.2) is 9.97 Å². The Kier molecular flexibility index (Phi) is 5.01. The number of hydrogen-bond acceptors (Lipinski definition) is 6. The number of morpholine rings is 1. The van der Waals surface area contributed by atoms with E-state index in [2.05, 4.69) is 26.3 Å². The van der Waals surface area contributed by atoms with Crippen LogP contribution in [-0.2, 0) is 14.3 Å². The molecule has 1 saturated carbocycles. The van der Waals surface area contributed by atoms with Gasteiger partial charge in [0.25, 0.3) is 0 Å². The third kappa shape index (κ3) is 3.80. The summed E-state index contributed by atoms with van der Waals surface area (Å²) in [7, 11) is 0. The zero-order valence-corrected chi connectivity index (χ0v) is 14.9. The summed E-state index contributed by atoms with van der Waals surface area (Å²) in [6.45, 7) is 4.07. The monoisotopic (exact) mass is 359 g/mol. The lowest BCUT2D eigenvalue weighted by Crippen LogP contribution is -2.47. The molecule has 2 aliphatic heterocycles. The van der Waals surface area contributed by atoms with Gasteiger partial charge >= 0.3 is 0 Å². The SMILES string of the molecule is O=C(CN1CCCC1=O)NC1CC(c2cc(N3CCOCC3)ncn2)C1. The fourth-order valence-corrected chi connectivity index (χ4v) is 3.85. The van der Waals surface area contributed by atoms with Crippen LogP contribution in [0.4, 0.5) is 5.82 Å². The van der Waals surface area contributed by atoms with Crippen LogP contribution in [0.3, 0.4) is 0 Å². The predicted octanol–water partition coefficient (Wildman–Crippen LogP) is 0.298. The maximum atomic E-state index is 12.1. The molecule has 1 aliphatic carbocycles. The van der Waals surface area contributed by atoms with Gasteiger partial charge in [-0.05, 0) is 19.3 Å². The molecule has 2 saturated heterocycles. The van der Waals surface area contributed by atoms with Crippen molar-refractivity contribution in [1.29, 1.82) is 0 Å². The van der Waals surface area contributed by atoms with Crippen molar-refractivity contribution in [3.8, 4) is 0 Å². The van der Waals surface area contributed by atoms with E-state index in [0.29, 0.717) is 18.9 Å². The molecule has 0 unspecified atom stereocenters. The first-order valence-electron chi connectivity index (χ1n) is 9.41. The minimum atomic E-state index is -0.0552. The van der Waals surface area contributed by atoms with Crippen molar-refractivity contribution >= 4 is 17.6 Å². The Hall–Kier alpha value is -2.22. The Bertz CT molecular complexity index is 671. The number of ether oxygens (including phenoxy) is 1. The average molecular weight is 359 g/mol. The first-order chi connectivity index (χ1) is 12.7. The Labute approximate surface area is 152 Å². The molecule has 0 spiro atoms. The lowest BCUT2D eigenvalue weighted by molar-refractivity contribution is -0.133. The van der Waals surface area contributed by atoms with E-state index in [-0.39, 0.29) is 24.4 Å². The molecule has 1 N–H and O–H groups in total. The molecule has 140 valence electrons. The fourth-order valence-electron chi connectivity index (χ4n) is 3.85. The van der Waals surface area contributed by atoms with Crippen LogP contribution in [0, 0.1) is 0 Å². The van der Waals surface area contributed by atoms with Crippen molar-refractivity contribution in [1.82, 2.24) is 20.2 Å². The highest BCUT2D eigenvalue weighted by atomic mass is 16.5. The van der Waals surface area contributed by atoms with Crippen LogP contribution in [0.5, 0.6) is 0 Å². The van der Waals surface area contributed by atoms with Gasteiger partial charge in [0.2, 0.25) is 11.8 Å². The molecule has 3 aliphatic rings. The number of aromatic nitrogens is 2. The van der Waals surface area contributed by atoms with Crippen molar-refractivity contribution < 1.29 is 14.3 Å². The van der Waals surface area contributed by atoms with E-state index in [1.807, 2.05) is 0 Å². The maximum Gasteiger partial charge on any atom is 0.239 e. The summed E-state index contributed by atoms with van der Waals surface area (Å²) in [6.07, 6.45) is 4.83. The second-order valence-electron chi connectivity index (χ2n) is 7.25. The molecule has 26 heavy (non-hydrogen) atoms. The van der Waals surface area contributed by atoms with Crippen LogP contribution in [0.1, 0.15) is 37.3 Å². The molecule has 1 aromatic rings. The molecule has 3 heterocycles. The third-order valence-corrected chi connectivity index (χ3v) is 5.44. The first kappa shape index (κ1) is 17.2. The summed E-state index contributed by atoms with van der Waals surface area (Å²) >= 11 is 0. The predicted molar refractivity (Wildman–Crippen MR) is 94.8 cm³/mol. The number of likely N-dealkylation sites (tertiary alicyclic amines) is 1. The quantitative estimate of drug-likeness (QED) is 0.813. The minimum Gasteiger partial charge on any atom is -0.378 e. The van der Waals surface area contributed by atoms with Crippen LogP contribution in [0.15, 0.2) is 12.4 Å². The molecule has 2 amide bonds. The summed E-state index contributed by atoms with van der Waals surface area (Å²) in [5, 5.41) is 3.04. The van der Waals surface area contributed by atoms with Gasteiger partial charge in [-0.15, -0.1) is 0 Å². The van der Waals surface area contributed by atoms with E-state index in [0.717, 1.165) is 57.1 Å². The lowest BCUT2D eigenvalue weighted by Gasteiger charge is -2.36. The Morgan fingerprint density at radius 2 is 2.04 bits per heavy atom. The third-order valence-electron chi connectivity index (χ3n) is 5.44. The van der Waals surface area contributed by atoms with Gasteiger partial charge in [-0.1, -0.05) is 0 Å². The zero-order chi connectivity index (χ0) is 17.9. The number of rotatable bonds is 5. The summed E-state index contributed by atoms with van der Waals surface area (Å²) in [6, 6.07) is 2.24. The van der Waals surface area contributed by atoms with E-state index in [1.165, 1.54) is 0 Å². The summed E-state index contributed by atoms with van der Waals surface area (Å²) < 4.78 is 5.39. The van der Waals surface area contributed by atoms with E-state index >= 15 is 0 Å². The van der Waals surface area contributed by atoms with Crippen molar-refractivity contribution in [2.24, 2.45) is 0 Å². The largest absolute Gasteiger partial charge is 0.378 e. The van der Waals surface area contributed by atoms with Gasteiger partial charge in [-0.3, -0.25) is 9.59 Å². The lowest BCUT2D eigenvalue weighted by atomic mass is 9.78. The second kappa shape index (κ2) is 7.57. The number of carbonyl (C=O) groups is 2. The van der Waals surface area contributed by atoms with Crippen molar-refractivity contribution in [3.63, 3.8) is 0 Å². The summed E-state index contributed by atoms with van der Waals surface area (Å²) in [5.41, 5.74) is 1.04.